The van der Waals surface area contributed by atoms with Crippen LogP contribution in [0, 0.1) is 12.8 Å². The van der Waals surface area contributed by atoms with Gasteiger partial charge in [0.1, 0.15) is 11.4 Å². The average Bonchev–Trinajstić information content (AvgIpc) is 3.64. The van der Waals surface area contributed by atoms with Gasteiger partial charge in [-0.2, -0.15) is 0 Å². The average molecular weight is 489 g/mol. The first-order valence-corrected chi connectivity index (χ1v) is 12.8. The lowest BCUT2D eigenvalue weighted by Gasteiger charge is -2.21. The number of carboxylic acid groups (broad SMARTS) is 1. The number of nitrogens with one attached hydrogen (secondary N) is 1. The monoisotopic (exact) mass is 488 g/mol. The molecule has 2 aromatic carbocycles. The number of ether oxygens (including phenoxy) is 1. The molecule has 1 heterocycles. The minimum absolute atomic E-state index is 0.414. The molecular weight excluding hydrogens is 456 g/mol. The van der Waals surface area contributed by atoms with Gasteiger partial charge >= 0.3 is 12.1 Å². The molecule has 5 rings (SSSR count). The highest BCUT2D eigenvalue weighted by Crippen LogP contribution is 2.48. The molecule has 0 atom stereocenters. The summed E-state index contributed by atoms with van der Waals surface area (Å²) in [5.74, 6) is 0.419. The van der Waals surface area contributed by atoms with E-state index in [0.29, 0.717) is 42.5 Å². The highest BCUT2D eigenvalue weighted by molar-refractivity contribution is 5.91. The largest absolute Gasteiger partial charge is 0.481 e. The van der Waals surface area contributed by atoms with Gasteiger partial charge < -0.3 is 14.4 Å². The lowest BCUT2D eigenvalue weighted by molar-refractivity contribution is -0.140. The summed E-state index contributed by atoms with van der Waals surface area (Å²) in [4.78, 5) is 24.0. The molecular formula is C29H32N2O5. The molecule has 0 spiro atoms. The lowest BCUT2D eigenvalue weighted by atomic mass is 9.87. The third kappa shape index (κ3) is 5.01. The van der Waals surface area contributed by atoms with Crippen molar-refractivity contribution in [1.82, 2.24) is 5.16 Å². The number of amides is 1. The molecule has 7 heteroatoms. The molecule has 36 heavy (non-hydrogen) atoms. The molecule has 2 aliphatic rings. The molecule has 1 amide bonds. The normalized spacial score (nSPS) is 16.9. The molecule has 3 aromatic rings. The molecule has 1 aromatic heterocycles. The number of hydrogen-bond donors (Lipinski definition) is 2. The van der Waals surface area contributed by atoms with Crippen molar-refractivity contribution in [1.29, 1.82) is 0 Å². The maximum atomic E-state index is 12.4. The molecule has 7 nitrogen and oxygen atoms in total. The first-order chi connectivity index (χ1) is 17.5. The van der Waals surface area contributed by atoms with Gasteiger partial charge in [0.2, 0.25) is 0 Å². The van der Waals surface area contributed by atoms with Crippen LogP contribution in [0.3, 0.4) is 0 Å². The third-order valence-corrected chi connectivity index (χ3v) is 7.66. The van der Waals surface area contributed by atoms with Crippen LogP contribution in [0.25, 0.3) is 22.4 Å². The van der Waals surface area contributed by atoms with Crippen molar-refractivity contribution >= 4 is 17.7 Å². The van der Waals surface area contributed by atoms with Crippen LogP contribution < -0.4 is 5.32 Å². The smallest absolute Gasteiger partial charge is 0.411 e. The van der Waals surface area contributed by atoms with Crippen molar-refractivity contribution in [3.05, 3.63) is 59.9 Å². The van der Waals surface area contributed by atoms with Gasteiger partial charge in [-0.05, 0) is 48.8 Å². The molecule has 0 unspecified atom stereocenters. The van der Waals surface area contributed by atoms with Gasteiger partial charge in [-0.3, -0.25) is 10.1 Å². The van der Waals surface area contributed by atoms with E-state index in [4.69, 9.17) is 9.26 Å². The van der Waals surface area contributed by atoms with Gasteiger partial charge in [0.05, 0.1) is 12.0 Å². The summed E-state index contributed by atoms with van der Waals surface area (Å²) < 4.78 is 10.8. The maximum absolute atomic E-state index is 12.4. The number of aromatic nitrogens is 1. The topological polar surface area (TPSA) is 102 Å². The van der Waals surface area contributed by atoms with Crippen molar-refractivity contribution in [2.75, 3.05) is 11.9 Å². The van der Waals surface area contributed by atoms with Crippen molar-refractivity contribution < 1.29 is 24.0 Å². The maximum Gasteiger partial charge on any atom is 0.411 e. The zero-order valence-electron chi connectivity index (χ0n) is 20.6. The Morgan fingerprint density at radius 1 is 1.00 bits per heavy atom. The second-order valence-corrected chi connectivity index (χ2v) is 10.1. The number of rotatable bonds is 8. The van der Waals surface area contributed by atoms with E-state index in [9.17, 15) is 14.7 Å². The van der Waals surface area contributed by atoms with Gasteiger partial charge in [0.15, 0.2) is 5.76 Å². The van der Waals surface area contributed by atoms with Crippen molar-refractivity contribution in [2.24, 2.45) is 5.92 Å². The lowest BCUT2D eigenvalue weighted by Crippen LogP contribution is -2.19. The molecule has 0 radical (unpaired) electrons. The number of carbonyl (C=O) groups excluding carboxylic acids is 1. The first-order valence-electron chi connectivity index (χ1n) is 12.8. The molecule has 2 aliphatic carbocycles. The number of aryl methyl sites for hydroxylation is 1. The van der Waals surface area contributed by atoms with Crippen molar-refractivity contribution in [2.45, 2.75) is 63.7 Å². The summed E-state index contributed by atoms with van der Waals surface area (Å²) >= 11 is 0. The predicted molar refractivity (Wildman–Crippen MR) is 137 cm³/mol. The summed E-state index contributed by atoms with van der Waals surface area (Å²) in [5, 5.41) is 16.5. The van der Waals surface area contributed by atoms with Crippen LogP contribution in [-0.2, 0) is 14.9 Å². The highest BCUT2D eigenvalue weighted by atomic mass is 16.5. The van der Waals surface area contributed by atoms with E-state index in [1.165, 1.54) is 32.1 Å². The van der Waals surface area contributed by atoms with Crippen LogP contribution in [-0.4, -0.2) is 28.9 Å². The van der Waals surface area contributed by atoms with E-state index < -0.39 is 17.5 Å². The number of benzene rings is 2. The van der Waals surface area contributed by atoms with Crippen molar-refractivity contribution in [3.8, 4) is 22.4 Å². The fourth-order valence-corrected chi connectivity index (χ4v) is 5.20. The van der Waals surface area contributed by atoms with E-state index >= 15 is 0 Å². The van der Waals surface area contributed by atoms with Crippen LogP contribution in [0.5, 0.6) is 0 Å². The Hall–Kier alpha value is -3.61. The zero-order valence-corrected chi connectivity index (χ0v) is 20.6. The Morgan fingerprint density at radius 2 is 1.61 bits per heavy atom. The SMILES string of the molecule is Cc1onc(-c2ccc(-c3ccc(C4(C(=O)O)CC4)cc3)cc2)c1NC(=O)OCCC1CCCCC1. The Balaban J connectivity index is 1.23. The van der Waals surface area contributed by atoms with Gasteiger partial charge in [0, 0.05) is 5.56 Å². The van der Waals surface area contributed by atoms with Gasteiger partial charge in [0.25, 0.3) is 0 Å². The highest BCUT2D eigenvalue weighted by Gasteiger charge is 2.51. The number of anilines is 1. The quantitative estimate of drug-likeness (QED) is 0.356. The number of hydrogen-bond acceptors (Lipinski definition) is 5. The Bertz CT molecular complexity index is 1220. The number of nitrogens with zero attached hydrogens (tertiary/aromatic N) is 1. The fourth-order valence-electron chi connectivity index (χ4n) is 5.20. The van der Waals surface area contributed by atoms with E-state index in [-0.39, 0.29) is 0 Å². The van der Waals surface area contributed by atoms with E-state index in [1.54, 1.807) is 6.92 Å². The second kappa shape index (κ2) is 10.2. The number of carbonyl (C=O) groups is 2. The first kappa shape index (κ1) is 24.1. The number of carboxylic acids is 1. The predicted octanol–water partition coefficient (Wildman–Crippen LogP) is 6.95. The van der Waals surface area contributed by atoms with Crippen molar-refractivity contribution in [3.63, 3.8) is 0 Å². The van der Waals surface area contributed by atoms with E-state index in [1.807, 2.05) is 48.5 Å². The van der Waals surface area contributed by atoms with Gasteiger partial charge in [-0.15, -0.1) is 0 Å². The number of aliphatic carboxylic acids is 1. The minimum Gasteiger partial charge on any atom is -0.481 e. The summed E-state index contributed by atoms with van der Waals surface area (Å²) in [6.45, 7) is 2.17. The zero-order chi connectivity index (χ0) is 25.1. The third-order valence-electron chi connectivity index (χ3n) is 7.66. The van der Waals surface area contributed by atoms with Crippen LogP contribution in [0.15, 0.2) is 53.1 Å². The molecule has 2 fully saturated rings. The van der Waals surface area contributed by atoms with Crippen LogP contribution in [0.2, 0.25) is 0 Å². The summed E-state index contributed by atoms with van der Waals surface area (Å²) in [6.07, 6.45) is 8.11. The standard InChI is InChI=1S/C29H32N2O5/c1-19-25(30-28(34)35-18-15-20-5-3-2-4-6-20)26(31-36-19)23-9-7-21(8-10-23)22-11-13-24(14-12-22)29(16-17-29)27(32)33/h7-14,20H,2-6,15-18H2,1H3,(H,30,34)(H,32,33). The Morgan fingerprint density at radius 3 is 2.22 bits per heavy atom. The summed E-state index contributed by atoms with van der Waals surface area (Å²) in [5.41, 5.74) is 4.04. The van der Waals surface area contributed by atoms with Gasteiger partial charge in [-0.1, -0.05) is 85.8 Å². The molecule has 2 N–H and O–H groups in total. The van der Waals surface area contributed by atoms with Gasteiger partial charge in [-0.25, -0.2) is 4.79 Å². The molecule has 0 bridgehead atoms. The Labute approximate surface area is 210 Å². The summed E-state index contributed by atoms with van der Waals surface area (Å²) in [7, 11) is 0. The molecule has 2 saturated carbocycles. The minimum atomic E-state index is -0.750. The molecule has 0 aliphatic heterocycles. The summed E-state index contributed by atoms with van der Waals surface area (Å²) in [6, 6.07) is 15.6. The second-order valence-electron chi connectivity index (χ2n) is 10.1. The molecule has 0 saturated heterocycles. The fraction of sp³-hybridized carbons (Fsp3) is 0.414. The van der Waals surface area contributed by atoms with Crippen LogP contribution in [0.4, 0.5) is 10.5 Å². The van der Waals surface area contributed by atoms with Crippen LogP contribution in [0.1, 0.15) is 62.7 Å². The van der Waals surface area contributed by atoms with E-state index in [0.717, 1.165) is 28.7 Å². The van der Waals surface area contributed by atoms with Crippen LogP contribution >= 0.6 is 0 Å². The Kier molecular flexibility index (Phi) is 6.81. The van der Waals surface area contributed by atoms with E-state index in [2.05, 4.69) is 10.5 Å². The molecule has 188 valence electrons.